The molecule has 5 heteroatoms. The maximum Gasteiger partial charge on any atom is 0.305 e. The van der Waals surface area contributed by atoms with Crippen LogP contribution < -0.4 is 5.84 Å². The molecule has 1 aliphatic rings. The number of ether oxygens (including phenoxy) is 1. The number of nitrogens with two attached hydrogens (primary N) is 1. The zero-order chi connectivity index (χ0) is 9.68. The van der Waals surface area contributed by atoms with Gasteiger partial charge < -0.3 is 9.75 Å². The molecule has 0 radical (unpaired) electrons. The zero-order valence-corrected chi connectivity index (χ0v) is 8.42. The molecule has 0 amide bonds. The van der Waals surface area contributed by atoms with Crippen molar-refractivity contribution in [2.45, 2.75) is 25.1 Å². The van der Waals surface area contributed by atoms with Crippen LogP contribution in [0.5, 0.6) is 0 Å². The van der Waals surface area contributed by atoms with Gasteiger partial charge in [-0.1, -0.05) is 6.92 Å². The third-order valence-corrected chi connectivity index (χ3v) is 2.61. The Morgan fingerprint density at radius 3 is 3.08 bits per heavy atom. The van der Waals surface area contributed by atoms with Gasteiger partial charge in [-0.25, -0.2) is 5.84 Å². The molecule has 0 saturated carbocycles. The average Bonchev–Trinajstić information content (AvgIpc) is 2.48. The smallest absolute Gasteiger partial charge is 0.305 e. The lowest BCUT2D eigenvalue weighted by atomic mass is 10.3. The number of rotatable bonds is 4. The molecule has 0 bridgehead atoms. The second-order valence-corrected chi connectivity index (χ2v) is 3.84. The second-order valence-electron chi connectivity index (χ2n) is 2.76. The molecular weight excluding hydrogens is 188 g/mol. The van der Waals surface area contributed by atoms with E-state index >= 15 is 0 Å². The molecule has 0 aromatic carbocycles. The van der Waals surface area contributed by atoms with Crippen molar-refractivity contribution in [3.8, 4) is 0 Å². The van der Waals surface area contributed by atoms with Crippen molar-refractivity contribution in [1.29, 1.82) is 0 Å². The number of thioether (sulfide) groups is 1. The highest BCUT2D eigenvalue weighted by molar-refractivity contribution is 8.02. The molecule has 0 aromatic heterocycles. The Hall–Kier alpha value is -0.680. The van der Waals surface area contributed by atoms with Crippen LogP contribution in [0, 0.1) is 0 Å². The van der Waals surface area contributed by atoms with Crippen LogP contribution in [0.3, 0.4) is 0 Å². The van der Waals surface area contributed by atoms with Crippen molar-refractivity contribution >= 4 is 17.7 Å². The molecule has 1 aliphatic heterocycles. The first kappa shape index (κ1) is 10.4. The van der Waals surface area contributed by atoms with Crippen LogP contribution in [0.2, 0.25) is 0 Å². The minimum atomic E-state index is -0.150. The summed E-state index contributed by atoms with van der Waals surface area (Å²) < 4.78 is 5.02. The Labute approximate surface area is 82.1 Å². The third-order valence-electron chi connectivity index (χ3n) is 1.64. The van der Waals surface area contributed by atoms with Crippen LogP contribution in [0.25, 0.3) is 0 Å². The number of esters is 1. The van der Waals surface area contributed by atoms with Gasteiger partial charge >= 0.3 is 5.97 Å². The molecular formula is C8H14N2O2S. The molecule has 74 valence electrons. The number of hydrazine groups is 1. The summed E-state index contributed by atoms with van der Waals surface area (Å²) in [7, 11) is 0. The summed E-state index contributed by atoms with van der Waals surface area (Å²) in [4.78, 5) is 11.0. The van der Waals surface area contributed by atoms with E-state index in [9.17, 15) is 4.79 Å². The molecule has 0 aromatic rings. The Bertz CT molecular complexity index is 208. The zero-order valence-electron chi connectivity index (χ0n) is 7.60. The molecule has 4 nitrogen and oxygen atoms in total. The molecule has 0 aliphatic carbocycles. The average molecular weight is 202 g/mol. The van der Waals surface area contributed by atoms with Gasteiger partial charge in [0.25, 0.3) is 0 Å². The van der Waals surface area contributed by atoms with E-state index in [0.717, 1.165) is 6.42 Å². The summed E-state index contributed by atoms with van der Waals surface area (Å²) >= 11 is 1.55. The van der Waals surface area contributed by atoms with Gasteiger partial charge in [-0.05, 0) is 11.8 Å². The molecule has 1 unspecified atom stereocenters. The Morgan fingerprint density at radius 2 is 2.54 bits per heavy atom. The number of nitrogens with zero attached hydrogens (tertiary/aromatic N) is 1. The predicted octanol–water partition coefficient (Wildman–Crippen LogP) is 1.05. The molecule has 1 rings (SSSR count). The molecule has 0 spiro atoms. The van der Waals surface area contributed by atoms with E-state index in [1.54, 1.807) is 23.0 Å². The van der Waals surface area contributed by atoms with E-state index < -0.39 is 0 Å². The Balaban J connectivity index is 2.15. The van der Waals surface area contributed by atoms with Crippen molar-refractivity contribution < 1.29 is 9.53 Å². The van der Waals surface area contributed by atoms with Crippen LogP contribution in [0.1, 0.15) is 19.8 Å². The molecule has 1 atom stereocenters. The highest BCUT2D eigenvalue weighted by Gasteiger charge is 2.18. The fourth-order valence-electron chi connectivity index (χ4n) is 0.928. The predicted molar refractivity (Wildman–Crippen MR) is 52.4 cm³/mol. The highest BCUT2D eigenvalue weighted by Crippen LogP contribution is 2.21. The van der Waals surface area contributed by atoms with Crippen LogP contribution in [-0.2, 0) is 9.53 Å². The maximum atomic E-state index is 11.0. The van der Waals surface area contributed by atoms with Gasteiger partial charge in [-0.15, -0.1) is 11.8 Å². The molecule has 1 heterocycles. The van der Waals surface area contributed by atoms with Crippen molar-refractivity contribution in [2.24, 2.45) is 5.84 Å². The van der Waals surface area contributed by atoms with Gasteiger partial charge in [0.15, 0.2) is 0 Å². The van der Waals surface area contributed by atoms with Gasteiger partial charge in [0.2, 0.25) is 0 Å². The second kappa shape index (κ2) is 5.14. The first-order valence-corrected chi connectivity index (χ1v) is 5.19. The Morgan fingerprint density at radius 1 is 1.77 bits per heavy atom. The fourth-order valence-corrected chi connectivity index (χ4v) is 1.68. The highest BCUT2D eigenvalue weighted by atomic mass is 32.2. The van der Waals surface area contributed by atoms with Gasteiger partial charge in [0.05, 0.1) is 0 Å². The lowest BCUT2D eigenvalue weighted by molar-refractivity contribution is -0.144. The first-order valence-electron chi connectivity index (χ1n) is 4.25. The quantitative estimate of drug-likeness (QED) is 0.545. The number of carbonyl (C=O) groups excluding carboxylic acids is 1. The largest absolute Gasteiger partial charge is 0.462 e. The SMILES string of the molecule is CCCC(=O)OCC1SC=CN1N. The first-order chi connectivity index (χ1) is 6.24. The molecule has 0 saturated heterocycles. The van der Waals surface area contributed by atoms with Crippen LogP contribution in [0.15, 0.2) is 11.6 Å². The summed E-state index contributed by atoms with van der Waals surface area (Å²) in [6.07, 6.45) is 3.07. The van der Waals surface area contributed by atoms with E-state index in [2.05, 4.69) is 0 Å². The third kappa shape index (κ3) is 3.28. The van der Waals surface area contributed by atoms with Crippen molar-refractivity contribution in [3.05, 3.63) is 11.6 Å². The van der Waals surface area contributed by atoms with E-state index in [1.807, 2.05) is 12.3 Å². The topological polar surface area (TPSA) is 55.6 Å². The van der Waals surface area contributed by atoms with Gasteiger partial charge in [-0.2, -0.15) is 0 Å². The van der Waals surface area contributed by atoms with Crippen molar-refractivity contribution in [3.63, 3.8) is 0 Å². The fraction of sp³-hybridized carbons (Fsp3) is 0.625. The number of carbonyl (C=O) groups is 1. The number of hydrogen-bond donors (Lipinski definition) is 1. The molecule has 0 fully saturated rings. The summed E-state index contributed by atoms with van der Waals surface area (Å²) in [5.41, 5.74) is 0. The summed E-state index contributed by atoms with van der Waals surface area (Å²) in [5.74, 6) is 5.42. The van der Waals surface area contributed by atoms with Crippen molar-refractivity contribution in [1.82, 2.24) is 5.01 Å². The molecule has 13 heavy (non-hydrogen) atoms. The maximum absolute atomic E-state index is 11.0. The normalized spacial score (nSPS) is 20.8. The van der Waals surface area contributed by atoms with Crippen LogP contribution in [-0.4, -0.2) is 23.0 Å². The van der Waals surface area contributed by atoms with Gasteiger partial charge in [-0.3, -0.25) is 4.79 Å². The van der Waals surface area contributed by atoms with E-state index in [4.69, 9.17) is 10.6 Å². The van der Waals surface area contributed by atoms with Crippen molar-refractivity contribution in [2.75, 3.05) is 6.61 Å². The van der Waals surface area contributed by atoms with E-state index in [1.165, 1.54) is 0 Å². The summed E-state index contributed by atoms with van der Waals surface area (Å²) in [5, 5.41) is 3.48. The minimum Gasteiger partial charge on any atom is -0.462 e. The van der Waals surface area contributed by atoms with E-state index in [0.29, 0.717) is 13.0 Å². The standard InChI is InChI=1S/C8H14N2O2S/c1-2-3-8(11)12-6-7-10(9)4-5-13-7/h4-5,7H,2-3,6,9H2,1H3. The Kier molecular flexibility index (Phi) is 4.11. The number of hydrogen-bond acceptors (Lipinski definition) is 5. The van der Waals surface area contributed by atoms with Gasteiger partial charge in [0, 0.05) is 12.6 Å². The summed E-state index contributed by atoms with van der Waals surface area (Å²) in [6.45, 7) is 2.30. The lowest BCUT2D eigenvalue weighted by Gasteiger charge is -2.18. The van der Waals surface area contributed by atoms with Gasteiger partial charge in [0.1, 0.15) is 12.0 Å². The lowest BCUT2D eigenvalue weighted by Crippen LogP contribution is -2.35. The molecule has 2 N–H and O–H groups in total. The summed E-state index contributed by atoms with van der Waals surface area (Å²) in [6, 6.07) is 0. The minimum absolute atomic E-state index is 0.0424. The monoisotopic (exact) mass is 202 g/mol. The van der Waals surface area contributed by atoms with Crippen LogP contribution >= 0.6 is 11.8 Å². The van der Waals surface area contributed by atoms with E-state index in [-0.39, 0.29) is 11.3 Å². The van der Waals surface area contributed by atoms with Crippen LogP contribution in [0.4, 0.5) is 0 Å².